The third kappa shape index (κ3) is 2.60. The minimum Gasteiger partial charge on any atom is -0.409 e. The average Bonchev–Trinajstić information content (AvgIpc) is 3.11. The molecule has 1 aliphatic carbocycles. The summed E-state index contributed by atoms with van der Waals surface area (Å²) in [6, 6.07) is 8.57. The lowest BCUT2D eigenvalue weighted by Crippen LogP contribution is -2.14. The van der Waals surface area contributed by atoms with Gasteiger partial charge in [0.05, 0.1) is 0 Å². The Kier molecular flexibility index (Phi) is 3.36. The largest absolute Gasteiger partial charge is 0.409 e. The molecule has 0 spiro atoms. The normalized spacial score (nSPS) is 18.1. The fourth-order valence-electron chi connectivity index (χ4n) is 2.53. The standard InChI is InChI=1S/C14H20N2O/c1-2-7-14(8-9-14)12-5-3-11(4-6-12)10-13(15)16-17/h3-6,17H,2,7-10H2,1H3,(H2,15,16). The Morgan fingerprint density at radius 1 is 1.35 bits per heavy atom. The summed E-state index contributed by atoms with van der Waals surface area (Å²) in [7, 11) is 0. The summed E-state index contributed by atoms with van der Waals surface area (Å²) >= 11 is 0. The van der Waals surface area contributed by atoms with Crippen LogP contribution in [0.15, 0.2) is 29.4 Å². The molecule has 1 fully saturated rings. The molecule has 0 heterocycles. The van der Waals surface area contributed by atoms with E-state index in [4.69, 9.17) is 10.9 Å². The van der Waals surface area contributed by atoms with Crippen molar-refractivity contribution in [1.29, 1.82) is 0 Å². The Labute approximate surface area is 102 Å². The van der Waals surface area contributed by atoms with Crippen LogP contribution in [0.4, 0.5) is 0 Å². The minimum absolute atomic E-state index is 0.257. The van der Waals surface area contributed by atoms with Crippen LogP contribution < -0.4 is 5.73 Å². The second-order valence-corrected chi connectivity index (χ2v) is 5.00. The van der Waals surface area contributed by atoms with Crippen LogP contribution in [0.1, 0.15) is 43.7 Å². The maximum absolute atomic E-state index is 8.52. The van der Waals surface area contributed by atoms with E-state index < -0.39 is 0 Å². The van der Waals surface area contributed by atoms with Gasteiger partial charge in [0.25, 0.3) is 0 Å². The lowest BCUT2D eigenvalue weighted by atomic mass is 9.90. The third-order valence-electron chi connectivity index (χ3n) is 3.66. The molecule has 3 nitrogen and oxygen atoms in total. The van der Waals surface area contributed by atoms with E-state index >= 15 is 0 Å². The van der Waals surface area contributed by atoms with Crippen LogP contribution in [0, 0.1) is 0 Å². The molecule has 1 saturated carbocycles. The van der Waals surface area contributed by atoms with Crippen molar-refractivity contribution >= 4 is 5.84 Å². The van der Waals surface area contributed by atoms with Crippen molar-refractivity contribution in [3.05, 3.63) is 35.4 Å². The Morgan fingerprint density at radius 2 is 2.00 bits per heavy atom. The molecular weight excluding hydrogens is 212 g/mol. The maximum Gasteiger partial charge on any atom is 0.143 e. The zero-order valence-corrected chi connectivity index (χ0v) is 10.3. The van der Waals surface area contributed by atoms with Crippen LogP contribution in [0.2, 0.25) is 0 Å². The molecule has 0 unspecified atom stereocenters. The van der Waals surface area contributed by atoms with E-state index in [2.05, 4.69) is 36.3 Å². The Balaban J connectivity index is 2.08. The third-order valence-corrected chi connectivity index (χ3v) is 3.66. The highest BCUT2D eigenvalue weighted by Gasteiger charge is 2.42. The van der Waals surface area contributed by atoms with E-state index in [1.54, 1.807) is 0 Å². The summed E-state index contributed by atoms with van der Waals surface area (Å²) in [6.07, 6.45) is 5.68. The molecule has 2 rings (SSSR count). The quantitative estimate of drug-likeness (QED) is 0.355. The van der Waals surface area contributed by atoms with Crippen molar-refractivity contribution in [3.8, 4) is 0 Å². The van der Waals surface area contributed by atoms with E-state index in [0.717, 1.165) is 5.56 Å². The number of oxime groups is 1. The Morgan fingerprint density at radius 3 is 2.47 bits per heavy atom. The van der Waals surface area contributed by atoms with Crippen LogP contribution in [-0.4, -0.2) is 11.0 Å². The smallest absolute Gasteiger partial charge is 0.143 e. The fourth-order valence-corrected chi connectivity index (χ4v) is 2.53. The molecule has 1 aromatic rings. The molecule has 0 bridgehead atoms. The molecule has 0 aliphatic heterocycles. The lowest BCUT2D eigenvalue weighted by molar-refractivity contribution is 0.317. The van der Waals surface area contributed by atoms with Gasteiger partial charge in [-0.1, -0.05) is 42.8 Å². The maximum atomic E-state index is 8.52. The summed E-state index contributed by atoms with van der Waals surface area (Å²) in [4.78, 5) is 0. The first-order valence-electron chi connectivity index (χ1n) is 6.26. The van der Waals surface area contributed by atoms with Crippen LogP contribution in [-0.2, 0) is 11.8 Å². The van der Waals surface area contributed by atoms with Gasteiger partial charge < -0.3 is 10.9 Å². The van der Waals surface area contributed by atoms with Crippen molar-refractivity contribution in [2.24, 2.45) is 10.9 Å². The second-order valence-electron chi connectivity index (χ2n) is 5.00. The summed E-state index contributed by atoms with van der Waals surface area (Å²) < 4.78 is 0. The molecule has 0 saturated heterocycles. The minimum atomic E-state index is 0.257. The fraction of sp³-hybridized carbons (Fsp3) is 0.500. The molecule has 17 heavy (non-hydrogen) atoms. The van der Waals surface area contributed by atoms with E-state index in [0.29, 0.717) is 11.8 Å². The molecule has 1 aromatic carbocycles. The number of rotatable bonds is 5. The predicted molar refractivity (Wildman–Crippen MR) is 69.4 cm³/mol. The van der Waals surface area contributed by atoms with Gasteiger partial charge in [-0.25, -0.2) is 0 Å². The molecule has 1 aliphatic rings. The molecule has 92 valence electrons. The van der Waals surface area contributed by atoms with Crippen molar-refractivity contribution < 1.29 is 5.21 Å². The van der Waals surface area contributed by atoms with E-state index in [1.807, 2.05) is 0 Å². The van der Waals surface area contributed by atoms with E-state index in [-0.39, 0.29) is 5.84 Å². The Bertz CT molecular complexity index is 405. The van der Waals surface area contributed by atoms with Crippen LogP contribution in [0.25, 0.3) is 0 Å². The van der Waals surface area contributed by atoms with E-state index in [9.17, 15) is 0 Å². The monoisotopic (exact) mass is 232 g/mol. The SMILES string of the molecule is CCCC1(c2ccc(CC(N)=NO)cc2)CC1. The van der Waals surface area contributed by atoms with Crippen molar-refractivity contribution in [1.82, 2.24) is 0 Å². The number of amidine groups is 1. The van der Waals surface area contributed by atoms with Gasteiger partial charge in [0.15, 0.2) is 0 Å². The first kappa shape index (κ1) is 12.0. The molecule has 0 aromatic heterocycles. The van der Waals surface area contributed by atoms with Crippen LogP contribution in [0.5, 0.6) is 0 Å². The Hall–Kier alpha value is -1.51. The highest BCUT2D eigenvalue weighted by molar-refractivity contribution is 5.81. The van der Waals surface area contributed by atoms with Gasteiger partial charge in [-0.2, -0.15) is 0 Å². The van der Waals surface area contributed by atoms with E-state index in [1.165, 1.54) is 31.2 Å². The molecular formula is C14H20N2O. The van der Waals surface area contributed by atoms with Gasteiger partial charge in [-0.15, -0.1) is 0 Å². The van der Waals surface area contributed by atoms with Crippen molar-refractivity contribution in [3.63, 3.8) is 0 Å². The number of hydrogen-bond acceptors (Lipinski definition) is 2. The van der Waals surface area contributed by atoms with Gasteiger partial charge in [-0.3, -0.25) is 0 Å². The summed E-state index contributed by atoms with van der Waals surface area (Å²) in [5.41, 5.74) is 8.49. The van der Waals surface area contributed by atoms with Crippen LogP contribution in [0.3, 0.4) is 0 Å². The van der Waals surface area contributed by atoms with Gasteiger partial charge >= 0.3 is 0 Å². The average molecular weight is 232 g/mol. The predicted octanol–water partition coefficient (Wildman–Crippen LogP) is 2.81. The van der Waals surface area contributed by atoms with Crippen molar-refractivity contribution in [2.45, 2.75) is 44.4 Å². The van der Waals surface area contributed by atoms with Gasteiger partial charge in [0.1, 0.15) is 5.84 Å². The first-order chi connectivity index (χ1) is 8.20. The zero-order chi connectivity index (χ0) is 12.3. The van der Waals surface area contributed by atoms with Crippen LogP contribution >= 0.6 is 0 Å². The first-order valence-corrected chi connectivity index (χ1v) is 6.26. The second kappa shape index (κ2) is 4.78. The summed E-state index contributed by atoms with van der Waals surface area (Å²) in [5.74, 6) is 0.257. The number of benzene rings is 1. The number of hydrogen-bond donors (Lipinski definition) is 2. The molecule has 0 radical (unpaired) electrons. The molecule has 0 amide bonds. The molecule has 3 N–H and O–H groups in total. The topological polar surface area (TPSA) is 58.6 Å². The molecule has 0 atom stereocenters. The highest BCUT2D eigenvalue weighted by Crippen LogP contribution is 2.51. The number of nitrogens with zero attached hydrogens (tertiary/aromatic N) is 1. The number of nitrogens with two attached hydrogens (primary N) is 1. The van der Waals surface area contributed by atoms with Gasteiger partial charge in [0.2, 0.25) is 0 Å². The highest BCUT2D eigenvalue weighted by atomic mass is 16.4. The summed E-state index contributed by atoms with van der Waals surface area (Å²) in [6.45, 7) is 2.24. The zero-order valence-electron chi connectivity index (χ0n) is 10.3. The van der Waals surface area contributed by atoms with Crippen molar-refractivity contribution in [2.75, 3.05) is 0 Å². The van der Waals surface area contributed by atoms with Gasteiger partial charge in [0, 0.05) is 6.42 Å². The molecule has 3 heteroatoms. The lowest BCUT2D eigenvalue weighted by Gasteiger charge is -2.14. The van der Waals surface area contributed by atoms with Gasteiger partial charge in [-0.05, 0) is 35.8 Å². The summed E-state index contributed by atoms with van der Waals surface area (Å²) in [5, 5.41) is 11.5.